The van der Waals surface area contributed by atoms with Crippen LogP contribution in [0.4, 0.5) is 0 Å². The van der Waals surface area contributed by atoms with Crippen LogP contribution in [0.15, 0.2) is 115 Å². The van der Waals surface area contributed by atoms with Crippen LogP contribution in [0.2, 0.25) is 0 Å². The van der Waals surface area contributed by atoms with Crippen LogP contribution in [-0.2, 0) is 25.8 Å². The topological polar surface area (TPSA) is 38.1 Å². The smallest absolute Gasteiger partial charge is 0.258 e. The normalized spacial score (nSPS) is 12.8. The Morgan fingerprint density at radius 1 is 0.795 bits per heavy atom. The SMILES string of the molecule is CCCc1c(C(=O)N(Cc2ccccc2)C2Cc3ccccc3C2)c(-c2ccccc2)nn1-c1ccccc1. The first-order valence-electron chi connectivity index (χ1n) is 13.9. The Balaban J connectivity index is 1.50. The fourth-order valence-electron chi connectivity index (χ4n) is 5.77. The van der Waals surface area contributed by atoms with E-state index in [2.05, 4.69) is 72.5 Å². The highest BCUT2D eigenvalue weighted by molar-refractivity contribution is 6.01. The van der Waals surface area contributed by atoms with Crippen molar-refractivity contribution in [2.75, 3.05) is 0 Å². The van der Waals surface area contributed by atoms with Crippen molar-refractivity contribution in [3.05, 3.63) is 143 Å². The lowest BCUT2D eigenvalue weighted by Crippen LogP contribution is -2.41. The third-order valence-corrected chi connectivity index (χ3v) is 7.66. The van der Waals surface area contributed by atoms with Gasteiger partial charge in [-0.25, -0.2) is 4.68 Å². The van der Waals surface area contributed by atoms with E-state index in [1.165, 1.54) is 11.1 Å². The number of hydrogen-bond acceptors (Lipinski definition) is 2. The number of carbonyl (C=O) groups excluding carboxylic acids is 1. The third-order valence-electron chi connectivity index (χ3n) is 7.66. The Labute approximate surface area is 230 Å². The minimum Gasteiger partial charge on any atom is -0.331 e. The summed E-state index contributed by atoms with van der Waals surface area (Å²) in [4.78, 5) is 17.0. The Bertz CT molecular complexity index is 1530. The zero-order chi connectivity index (χ0) is 26.6. The molecule has 5 aromatic rings. The average Bonchev–Trinajstić information content (AvgIpc) is 3.59. The molecule has 4 nitrogen and oxygen atoms in total. The van der Waals surface area contributed by atoms with Crippen molar-refractivity contribution < 1.29 is 4.79 Å². The van der Waals surface area contributed by atoms with Crippen LogP contribution in [0.25, 0.3) is 16.9 Å². The van der Waals surface area contributed by atoms with Crippen LogP contribution in [0.3, 0.4) is 0 Å². The van der Waals surface area contributed by atoms with Gasteiger partial charge < -0.3 is 4.90 Å². The molecule has 6 rings (SSSR count). The van der Waals surface area contributed by atoms with Crippen LogP contribution < -0.4 is 0 Å². The van der Waals surface area contributed by atoms with Gasteiger partial charge in [0.25, 0.3) is 5.91 Å². The van der Waals surface area contributed by atoms with E-state index in [0.717, 1.165) is 59.4 Å². The van der Waals surface area contributed by atoms with Gasteiger partial charge in [0.05, 0.1) is 16.9 Å². The highest BCUT2D eigenvalue weighted by Gasteiger charge is 2.35. The Hall–Kier alpha value is -4.44. The Kier molecular flexibility index (Phi) is 7.09. The highest BCUT2D eigenvalue weighted by atomic mass is 16.2. The van der Waals surface area contributed by atoms with Gasteiger partial charge in [-0.2, -0.15) is 5.10 Å². The number of carbonyl (C=O) groups is 1. The average molecular weight is 512 g/mol. The monoisotopic (exact) mass is 511 g/mol. The van der Waals surface area contributed by atoms with Crippen molar-refractivity contribution in [1.82, 2.24) is 14.7 Å². The minimum absolute atomic E-state index is 0.0566. The summed E-state index contributed by atoms with van der Waals surface area (Å²) in [6.45, 7) is 2.72. The van der Waals surface area contributed by atoms with E-state index in [1.54, 1.807) is 0 Å². The molecule has 39 heavy (non-hydrogen) atoms. The summed E-state index contributed by atoms with van der Waals surface area (Å²) in [5, 5.41) is 5.12. The van der Waals surface area contributed by atoms with E-state index in [1.807, 2.05) is 59.3 Å². The van der Waals surface area contributed by atoms with Gasteiger partial charge in [0, 0.05) is 18.2 Å². The summed E-state index contributed by atoms with van der Waals surface area (Å²) in [5.74, 6) is 0.0566. The lowest BCUT2D eigenvalue weighted by atomic mass is 10.0. The van der Waals surface area contributed by atoms with Crippen molar-refractivity contribution >= 4 is 5.91 Å². The van der Waals surface area contributed by atoms with Gasteiger partial charge in [-0.05, 0) is 48.1 Å². The van der Waals surface area contributed by atoms with Crippen molar-refractivity contribution in [2.45, 2.75) is 45.2 Å². The molecule has 0 bridgehead atoms. The van der Waals surface area contributed by atoms with Gasteiger partial charge in [-0.3, -0.25) is 4.79 Å². The van der Waals surface area contributed by atoms with Crippen molar-refractivity contribution in [3.63, 3.8) is 0 Å². The Morgan fingerprint density at radius 2 is 1.36 bits per heavy atom. The molecule has 1 aromatic heterocycles. The number of hydrogen-bond donors (Lipinski definition) is 0. The molecule has 0 saturated heterocycles. The summed E-state index contributed by atoms with van der Waals surface area (Å²) in [7, 11) is 0. The van der Waals surface area contributed by atoms with Gasteiger partial charge >= 0.3 is 0 Å². The standard InChI is InChI=1S/C35H33N3O/c1-2-14-32-33(34(27-17-8-4-9-18-27)36-38(32)30-21-10-5-11-22-30)35(39)37(25-26-15-6-3-7-16-26)31-23-28-19-12-13-20-29(28)24-31/h3-13,15-22,31H,2,14,23-25H2,1H3. The van der Waals surface area contributed by atoms with E-state index in [4.69, 9.17) is 5.10 Å². The van der Waals surface area contributed by atoms with E-state index in [9.17, 15) is 4.79 Å². The van der Waals surface area contributed by atoms with Gasteiger partial charge in [0.15, 0.2) is 0 Å². The first kappa shape index (κ1) is 24.9. The second-order valence-corrected chi connectivity index (χ2v) is 10.3. The molecular formula is C35H33N3O. The van der Waals surface area contributed by atoms with Gasteiger partial charge in [-0.15, -0.1) is 0 Å². The molecule has 194 valence electrons. The van der Waals surface area contributed by atoms with Gasteiger partial charge in [0.2, 0.25) is 0 Å². The molecule has 0 N–H and O–H groups in total. The summed E-state index contributed by atoms with van der Waals surface area (Å²) in [5.41, 5.74) is 8.19. The first-order valence-corrected chi connectivity index (χ1v) is 13.9. The molecule has 4 aromatic carbocycles. The molecule has 0 unspecified atom stereocenters. The zero-order valence-corrected chi connectivity index (χ0v) is 22.3. The number of nitrogens with zero attached hydrogens (tertiary/aromatic N) is 3. The quantitative estimate of drug-likeness (QED) is 0.219. The van der Waals surface area contributed by atoms with Crippen LogP contribution in [0.5, 0.6) is 0 Å². The van der Waals surface area contributed by atoms with E-state index in [0.29, 0.717) is 6.54 Å². The molecule has 0 spiro atoms. The Morgan fingerprint density at radius 3 is 1.97 bits per heavy atom. The second-order valence-electron chi connectivity index (χ2n) is 10.3. The van der Waals surface area contributed by atoms with Crippen LogP contribution >= 0.6 is 0 Å². The highest BCUT2D eigenvalue weighted by Crippen LogP contribution is 2.33. The number of rotatable bonds is 8. The fraction of sp³-hybridized carbons (Fsp3) is 0.200. The molecular weight excluding hydrogens is 478 g/mol. The number of aromatic nitrogens is 2. The molecule has 0 saturated carbocycles. The molecule has 1 amide bonds. The summed E-state index contributed by atoms with van der Waals surface area (Å²) in [6, 6.07) is 39.3. The molecule has 0 aliphatic heterocycles. The maximum atomic E-state index is 14.9. The summed E-state index contributed by atoms with van der Waals surface area (Å²) < 4.78 is 1.99. The van der Waals surface area contributed by atoms with Crippen molar-refractivity contribution in [3.8, 4) is 16.9 Å². The van der Waals surface area contributed by atoms with Crippen LogP contribution in [0, 0.1) is 0 Å². The fourth-order valence-corrected chi connectivity index (χ4v) is 5.77. The first-order chi connectivity index (χ1) is 19.2. The minimum atomic E-state index is 0.0566. The van der Waals surface area contributed by atoms with E-state index >= 15 is 0 Å². The lowest BCUT2D eigenvalue weighted by molar-refractivity contribution is 0.0667. The maximum Gasteiger partial charge on any atom is 0.258 e. The van der Waals surface area contributed by atoms with Crippen LogP contribution in [-0.4, -0.2) is 26.6 Å². The molecule has 0 atom stereocenters. The van der Waals surface area contributed by atoms with E-state index < -0.39 is 0 Å². The number of para-hydroxylation sites is 1. The molecule has 1 aliphatic rings. The van der Waals surface area contributed by atoms with Crippen LogP contribution in [0.1, 0.15) is 46.1 Å². The second kappa shape index (κ2) is 11.1. The predicted molar refractivity (Wildman–Crippen MR) is 157 cm³/mol. The predicted octanol–water partition coefficient (Wildman–Crippen LogP) is 7.30. The maximum absolute atomic E-state index is 14.9. The molecule has 0 fully saturated rings. The van der Waals surface area contributed by atoms with Gasteiger partial charge in [0.1, 0.15) is 5.69 Å². The molecule has 1 heterocycles. The number of amides is 1. The van der Waals surface area contributed by atoms with E-state index in [-0.39, 0.29) is 11.9 Å². The zero-order valence-electron chi connectivity index (χ0n) is 22.3. The summed E-state index contributed by atoms with van der Waals surface area (Å²) in [6.07, 6.45) is 3.41. The summed E-state index contributed by atoms with van der Waals surface area (Å²) >= 11 is 0. The van der Waals surface area contributed by atoms with Crippen molar-refractivity contribution in [2.24, 2.45) is 0 Å². The number of benzene rings is 4. The number of fused-ring (bicyclic) bond motifs is 1. The third kappa shape index (κ3) is 5.03. The van der Waals surface area contributed by atoms with Crippen molar-refractivity contribution in [1.29, 1.82) is 0 Å². The molecule has 0 radical (unpaired) electrons. The lowest BCUT2D eigenvalue weighted by Gasteiger charge is -2.30. The van der Waals surface area contributed by atoms with Gasteiger partial charge in [-0.1, -0.05) is 116 Å². The molecule has 1 aliphatic carbocycles. The molecule has 4 heteroatoms. The largest absolute Gasteiger partial charge is 0.331 e.